The van der Waals surface area contributed by atoms with Gasteiger partial charge in [0.25, 0.3) is 0 Å². The molecule has 1 aliphatic carbocycles. The lowest BCUT2D eigenvalue weighted by Crippen LogP contribution is -2.26. The van der Waals surface area contributed by atoms with Crippen LogP contribution in [0.15, 0.2) is 18.2 Å². The number of hydrogen-bond donors (Lipinski definition) is 1. The lowest BCUT2D eigenvalue weighted by molar-refractivity contribution is 0.861. The molecule has 0 heterocycles. The van der Waals surface area contributed by atoms with Crippen molar-refractivity contribution in [3.8, 4) is 0 Å². The molecule has 0 saturated heterocycles. The minimum atomic E-state index is -0.0610. The monoisotopic (exact) mass is 253 g/mol. The van der Waals surface area contributed by atoms with E-state index in [1.165, 1.54) is 11.1 Å². The Bertz CT molecular complexity index is 436. The van der Waals surface area contributed by atoms with E-state index in [0.29, 0.717) is 10.9 Å². The van der Waals surface area contributed by atoms with Crippen LogP contribution in [0.5, 0.6) is 0 Å². The molecule has 2 rings (SSSR count). The summed E-state index contributed by atoms with van der Waals surface area (Å²) in [5.41, 5.74) is 8.10. The first kappa shape index (κ1) is 11.9. The van der Waals surface area contributed by atoms with Crippen molar-refractivity contribution in [3.63, 3.8) is 0 Å². The highest BCUT2D eigenvalue weighted by atomic mass is 35.5. The first-order chi connectivity index (χ1) is 7.47. The number of benzene rings is 1. The second kappa shape index (κ2) is 4.01. The van der Waals surface area contributed by atoms with Crippen molar-refractivity contribution < 1.29 is 0 Å². The van der Waals surface area contributed by atoms with E-state index < -0.39 is 0 Å². The van der Waals surface area contributed by atoms with Crippen LogP contribution in [0.4, 0.5) is 0 Å². The molecule has 0 bridgehead atoms. The zero-order valence-corrected chi connectivity index (χ0v) is 11.2. The lowest BCUT2D eigenvalue weighted by atomic mass is 9.93. The normalized spacial score (nSPS) is 17.5. The second-order valence-corrected chi connectivity index (χ2v) is 5.68. The molecule has 0 spiro atoms. The van der Waals surface area contributed by atoms with Crippen molar-refractivity contribution in [2.75, 3.05) is 0 Å². The average molecular weight is 254 g/mol. The van der Waals surface area contributed by atoms with E-state index in [1.807, 2.05) is 6.07 Å². The van der Waals surface area contributed by atoms with Crippen molar-refractivity contribution in [2.45, 2.75) is 38.0 Å². The van der Waals surface area contributed by atoms with Crippen molar-refractivity contribution >= 4 is 28.8 Å². The first-order valence-electron chi connectivity index (χ1n) is 5.57. The maximum absolute atomic E-state index is 6.28. The van der Waals surface area contributed by atoms with Gasteiger partial charge in [-0.3, -0.25) is 0 Å². The summed E-state index contributed by atoms with van der Waals surface area (Å²) in [7, 11) is 0. The molecule has 1 saturated carbocycles. The molecular formula is C13H16ClNS. The van der Waals surface area contributed by atoms with Crippen LogP contribution in [-0.2, 0) is 5.41 Å². The van der Waals surface area contributed by atoms with Gasteiger partial charge in [-0.1, -0.05) is 49.8 Å². The second-order valence-electron chi connectivity index (χ2n) is 4.84. The summed E-state index contributed by atoms with van der Waals surface area (Å²) in [6.07, 6.45) is 2.11. The molecule has 0 atom stereocenters. The fourth-order valence-corrected chi connectivity index (χ4v) is 2.82. The van der Waals surface area contributed by atoms with Gasteiger partial charge in [0.1, 0.15) is 0 Å². The Morgan fingerprint density at radius 3 is 2.44 bits per heavy atom. The summed E-state index contributed by atoms with van der Waals surface area (Å²) in [5, 5.41) is 0.829. The van der Waals surface area contributed by atoms with E-state index in [1.54, 1.807) is 0 Å². The Balaban J connectivity index is 2.39. The summed E-state index contributed by atoms with van der Waals surface area (Å²) in [6, 6.07) is 6.25. The van der Waals surface area contributed by atoms with Crippen molar-refractivity contribution in [1.29, 1.82) is 0 Å². The molecule has 1 fully saturated rings. The molecule has 2 N–H and O–H groups in total. The van der Waals surface area contributed by atoms with Gasteiger partial charge < -0.3 is 5.73 Å². The van der Waals surface area contributed by atoms with E-state index in [4.69, 9.17) is 29.6 Å². The minimum absolute atomic E-state index is 0.0610. The Labute approximate surface area is 107 Å². The van der Waals surface area contributed by atoms with Gasteiger partial charge >= 0.3 is 0 Å². The van der Waals surface area contributed by atoms with Gasteiger partial charge in [0.15, 0.2) is 0 Å². The summed E-state index contributed by atoms with van der Waals surface area (Å²) in [5.74, 6) is 0.446. The van der Waals surface area contributed by atoms with Crippen LogP contribution in [0, 0.1) is 0 Å². The molecular weight excluding hydrogens is 238 g/mol. The van der Waals surface area contributed by atoms with E-state index in [0.717, 1.165) is 17.9 Å². The molecule has 0 aliphatic heterocycles. The van der Waals surface area contributed by atoms with Crippen LogP contribution >= 0.6 is 23.8 Å². The molecule has 0 aromatic heterocycles. The van der Waals surface area contributed by atoms with Gasteiger partial charge in [-0.05, 0) is 36.0 Å². The smallest absolute Gasteiger partial charge is 0.0834 e. The molecule has 1 nitrogen and oxygen atoms in total. The van der Waals surface area contributed by atoms with Crippen LogP contribution in [0.1, 0.15) is 43.7 Å². The molecule has 16 heavy (non-hydrogen) atoms. The predicted molar refractivity (Wildman–Crippen MR) is 73.2 cm³/mol. The summed E-state index contributed by atoms with van der Waals surface area (Å²) < 4.78 is 0. The number of halogens is 1. The summed E-state index contributed by atoms with van der Waals surface area (Å²) in [6.45, 7) is 4.28. The number of thiocarbonyl (C=S) groups is 1. The van der Waals surface area contributed by atoms with E-state index in [2.05, 4.69) is 26.0 Å². The van der Waals surface area contributed by atoms with Crippen LogP contribution in [0.25, 0.3) is 0 Å². The number of nitrogens with two attached hydrogens (primary N) is 1. The Morgan fingerprint density at radius 2 is 2.06 bits per heavy atom. The largest absolute Gasteiger partial charge is 0.393 e. The molecule has 86 valence electrons. The third-order valence-electron chi connectivity index (χ3n) is 3.40. The number of rotatable bonds is 3. The van der Waals surface area contributed by atoms with Gasteiger partial charge in [0.05, 0.1) is 4.99 Å². The van der Waals surface area contributed by atoms with E-state index in [9.17, 15) is 0 Å². The zero-order valence-electron chi connectivity index (χ0n) is 9.59. The first-order valence-corrected chi connectivity index (χ1v) is 6.36. The molecule has 1 aromatic rings. The SMILES string of the molecule is CC(C)c1ccc(C2(C(N)=S)CC2)cc1Cl. The van der Waals surface area contributed by atoms with Crippen molar-refractivity contribution in [3.05, 3.63) is 34.3 Å². The zero-order chi connectivity index (χ0) is 11.9. The molecule has 3 heteroatoms. The van der Waals surface area contributed by atoms with Crippen molar-refractivity contribution in [1.82, 2.24) is 0 Å². The standard InChI is InChI=1S/C13H16ClNS/c1-8(2)10-4-3-9(7-11(10)14)13(5-6-13)12(15)16/h3-4,7-8H,5-6H2,1-2H3,(H2,15,16). The maximum Gasteiger partial charge on any atom is 0.0834 e. The number of hydrogen-bond acceptors (Lipinski definition) is 1. The lowest BCUT2D eigenvalue weighted by Gasteiger charge is -2.16. The van der Waals surface area contributed by atoms with Crippen molar-refractivity contribution in [2.24, 2.45) is 5.73 Å². The molecule has 0 unspecified atom stereocenters. The third kappa shape index (κ3) is 1.85. The molecule has 1 aliphatic rings. The van der Waals surface area contributed by atoms with E-state index in [-0.39, 0.29) is 5.41 Å². The highest BCUT2D eigenvalue weighted by molar-refractivity contribution is 7.80. The predicted octanol–water partition coefficient (Wildman–Crippen LogP) is 3.78. The highest BCUT2D eigenvalue weighted by Crippen LogP contribution is 2.49. The topological polar surface area (TPSA) is 26.0 Å². The van der Waals surface area contributed by atoms with Crippen LogP contribution < -0.4 is 5.73 Å². The van der Waals surface area contributed by atoms with Gasteiger partial charge in [-0.15, -0.1) is 0 Å². The average Bonchev–Trinajstić information content (AvgIpc) is 2.97. The fraction of sp³-hybridized carbons (Fsp3) is 0.462. The maximum atomic E-state index is 6.28. The van der Waals surface area contributed by atoms with Gasteiger partial charge in [-0.25, -0.2) is 0 Å². The minimum Gasteiger partial charge on any atom is -0.393 e. The Hall–Kier alpha value is -0.600. The third-order valence-corrected chi connectivity index (χ3v) is 4.11. The van der Waals surface area contributed by atoms with Crippen LogP contribution in [0.3, 0.4) is 0 Å². The molecule has 0 amide bonds. The van der Waals surface area contributed by atoms with Crippen LogP contribution in [0.2, 0.25) is 5.02 Å². The molecule has 1 aromatic carbocycles. The quantitative estimate of drug-likeness (QED) is 0.830. The summed E-state index contributed by atoms with van der Waals surface area (Å²) >= 11 is 11.4. The fourth-order valence-electron chi connectivity index (χ4n) is 2.10. The Morgan fingerprint density at radius 1 is 1.44 bits per heavy atom. The van der Waals surface area contributed by atoms with Gasteiger partial charge in [0.2, 0.25) is 0 Å². The molecule has 0 radical (unpaired) electrons. The summed E-state index contributed by atoms with van der Waals surface area (Å²) in [4.78, 5) is 0.598. The highest BCUT2D eigenvalue weighted by Gasteiger charge is 2.47. The van der Waals surface area contributed by atoms with Gasteiger partial charge in [0, 0.05) is 10.4 Å². The van der Waals surface area contributed by atoms with Gasteiger partial charge in [-0.2, -0.15) is 0 Å². The van der Waals surface area contributed by atoms with E-state index >= 15 is 0 Å². The Kier molecular flexibility index (Phi) is 2.97. The van der Waals surface area contributed by atoms with Crippen LogP contribution in [-0.4, -0.2) is 4.99 Å².